The maximum absolute atomic E-state index is 13.4. The number of benzene rings is 9. The van der Waals surface area contributed by atoms with Crippen molar-refractivity contribution in [1.29, 1.82) is 0 Å². The predicted molar refractivity (Wildman–Crippen MR) is 362 cm³/mol. The van der Waals surface area contributed by atoms with Gasteiger partial charge >= 0.3 is 38.6 Å². The van der Waals surface area contributed by atoms with Gasteiger partial charge in [-0.15, -0.1) is 0 Å². The zero-order valence-corrected chi connectivity index (χ0v) is 64.8. The van der Waals surface area contributed by atoms with Gasteiger partial charge in [0.05, 0.1) is 48.5 Å². The van der Waals surface area contributed by atoms with Crippen molar-refractivity contribution in [3.05, 3.63) is 222 Å². The quantitative estimate of drug-likeness (QED) is 0.0462. The zero-order valence-electron chi connectivity index (χ0n) is 54.4. The number of nitrogens with zero attached hydrogens (tertiary/aromatic N) is 6. The fraction of sp³-hybridized carbons (Fsp3) is 0.149. The zero-order chi connectivity index (χ0) is 76.3. The van der Waals surface area contributed by atoms with Crippen LogP contribution in [0.3, 0.4) is 0 Å². The van der Waals surface area contributed by atoms with E-state index in [1.54, 1.807) is 113 Å². The summed E-state index contributed by atoms with van der Waals surface area (Å²) in [6.45, 7) is -3.81. The maximum Gasteiger partial charge on any atom is 0.569 e. The first kappa shape index (κ1) is 88.2. The molecule has 0 saturated carbocycles. The van der Waals surface area contributed by atoms with Crippen LogP contribution in [0.25, 0.3) is 88.3 Å². The second-order valence-electron chi connectivity index (χ2n) is 22.2. The molecule has 3 aromatic heterocycles. The largest absolute Gasteiger partial charge is 0.569 e. The van der Waals surface area contributed by atoms with Crippen LogP contribution in [0.4, 0.5) is 65.9 Å². The first-order valence-electron chi connectivity index (χ1n) is 29.3. The molecule has 107 heavy (non-hydrogen) atoms. The predicted octanol–water partition coefficient (Wildman–Crippen LogP) is 17.1. The molecule has 0 spiro atoms. The number of aryl methyl sites for hydroxylation is 3. The molecule has 0 aliphatic carbocycles. The van der Waals surface area contributed by atoms with Gasteiger partial charge in [-0.25, -0.2) is 8.42 Å². The molecule has 3 N–H and O–H groups in total. The Labute approximate surface area is 647 Å². The Bertz CT molecular complexity index is 5540. The van der Waals surface area contributed by atoms with Gasteiger partial charge in [0.25, 0.3) is 29.3 Å². The van der Waals surface area contributed by atoms with Crippen LogP contribution in [0.5, 0.6) is 5.75 Å². The number of halogens is 17. The van der Waals surface area contributed by atoms with Crippen molar-refractivity contribution in [2.75, 3.05) is 13.2 Å². The van der Waals surface area contributed by atoms with Crippen LogP contribution in [-0.2, 0) is 95.9 Å². The van der Waals surface area contributed by atoms with E-state index in [4.69, 9.17) is 20.4 Å². The molecule has 40 heteroatoms. The number of fused-ring (bicyclic) bond motifs is 3. The van der Waals surface area contributed by atoms with Crippen molar-refractivity contribution >= 4 is 95.9 Å². The van der Waals surface area contributed by atoms with E-state index in [1.165, 1.54) is 68.6 Å². The maximum atomic E-state index is 13.4. The molecule has 0 saturated heterocycles. The molecule has 17 nitrogen and oxygen atoms in total. The first-order chi connectivity index (χ1) is 48.4. The molecule has 0 aliphatic rings. The molecular weight excluding hydrogens is 1860 g/mol. The number of alkyl halides is 15. The third-order valence-corrected chi connectivity index (χ3v) is 19.4. The molecule has 3 heterocycles. The van der Waals surface area contributed by atoms with E-state index in [-0.39, 0.29) is 81.8 Å². The molecule has 0 amide bonds. The summed E-state index contributed by atoms with van der Waals surface area (Å²) in [5.74, 6) is 0.0919. The van der Waals surface area contributed by atoms with Gasteiger partial charge in [-0.2, -0.15) is 98.0 Å². The topological polar surface area (TPSA) is 235 Å². The first-order valence-corrected chi connectivity index (χ1v) is 35.2. The monoisotopic (exact) mass is 1910 g/mol. The van der Waals surface area contributed by atoms with Gasteiger partial charge in [-0.1, -0.05) is 94.8 Å². The molecule has 0 fully saturated rings. The van der Waals surface area contributed by atoms with Gasteiger partial charge in [0.1, 0.15) is 5.75 Å². The molecule has 0 bridgehead atoms. The van der Waals surface area contributed by atoms with Gasteiger partial charge in [-0.05, 0) is 158 Å². The molecule has 0 aliphatic heterocycles. The van der Waals surface area contributed by atoms with Crippen molar-refractivity contribution in [1.82, 2.24) is 29.3 Å². The van der Waals surface area contributed by atoms with Gasteiger partial charge in [0.2, 0.25) is 0 Å². The fourth-order valence-corrected chi connectivity index (χ4v) is 13.3. The summed E-state index contributed by atoms with van der Waals surface area (Å²) in [5.41, 5.74) is 1.35. The number of hydrogen-bond donors (Lipinski definition) is 1. The SMILES string of the molecule is Cn1ccc(-c2cc(C(F)(F)F)ccc2-c2cccc3cc(S(=O)(=O)Cl)ccc23)n1.Cn1ccc(-c2cc(C(F)(F)F)ccc2-c2cccc3cc(S(=O)(=O)OCC(F)(F)F)ccc23)n1.Cn1ccc(-c2cc(C(F)(F)F)ccc2O[B]O)n1.O.O=S(=O)(OCC(F)(F)F)c1ccc2c(Br)cccc2c1.[U].[V]. The van der Waals surface area contributed by atoms with Crippen LogP contribution >= 0.6 is 26.6 Å². The summed E-state index contributed by atoms with van der Waals surface area (Å²) in [5, 5.41) is 24.6. The number of rotatable bonds is 14. The van der Waals surface area contributed by atoms with E-state index in [0.29, 0.717) is 79.5 Å². The van der Waals surface area contributed by atoms with Crippen molar-refractivity contribution < 1.29 is 164 Å². The van der Waals surface area contributed by atoms with E-state index >= 15 is 0 Å². The van der Waals surface area contributed by atoms with Crippen molar-refractivity contribution in [3.8, 4) is 61.8 Å². The third-order valence-electron chi connectivity index (χ3n) is 14.8. The van der Waals surface area contributed by atoms with E-state index in [0.717, 1.165) is 64.5 Å². The Morgan fingerprint density at radius 1 is 0.430 bits per heavy atom. The Kier molecular flexibility index (Phi) is 28.8. The molecule has 2 radical (unpaired) electrons. The van der Waals surface area contributed by atoms with Gasteiger partial charge in [-0.3, -0.25) is 22.4 Å². The average Bonchev–Trinajstić information content (AvgIpc) is 1.64. The summed E-state index contributed by atoms with van der Waals surface area (Å²) in [7, 11) is -2.23. The average molecular weight is 1910 g/mol. The number of aromatic nitrogens is 6. The number of hydrogen-bond acceptors (Lipinski definition) is 13. The summed E-state index contributed by atoms with van der Waals surface area (Å²) in [6, 6.07) is 41.5. The molecule has 12 aromatic rings. The Morgan fingerprint density at radius 3 is 1.12 bits per heavy atom. The minimum Gasteiger partial charge on any atom is -0.537 e. The summed E-state index contributed by atoms with van der Waals surface area (Å²) in [6.07, 6.45) is -18.2. The van der Waals surface area contributed by atoms with Crippen molar-refractivity contribution in [2.24, 2.45) is 21.1 Å². The molecule has 562 valence electrons. The van der Waals surface area contributed by atoms with Crippen LogP contribution in [-0.4, -0.2) is 98.3 Å². The molecule has 12 rings (SSSR count). The van der Waals surface area contributed by atoms with E-state index in [1.807, 2.05) is 0 Å². The molecule has 9 aromatic carbocycles. The molecule has 0 unspecified atom stereocenters. The normalized spacial score (nSPS) is 12.1. The Morgan fingerprint density at radius 2 is 0.766 bits per heavy atom. The smallest absolute Gasteiger partial charge is 0.537 e. The second-order valence-corrected chi connectivity index (χ2v) is 28.8. The third kappa shape index (κ3) is 22.7. The van der Waals surface area contributed by atoms with Crippen molar-refractivity contribution in [3.63, 3.8) is 0 Å². The minimum atomic E-state index is -4.83. The molecule has 0 atom stereocenters. The van der Waals surface area contributed by atoms with Crippen LogP contribution in [0, 0.1) is 31.1 Å². The van der Waals surface area contributed by atoms with Crippen LogP contribution in [0.2, 0.25) is 0 Å². The van der Waals surface area contributed by atoms with Crippen LogP contribution < -0.4 is 4.65 Å². The molecular formula is C67H49BBrClF15N6O11S3UV. The van der Waals surface area contributed by atoms with E-state index in [2.05, 4.69) is 39.6 Å². The Hall–Kier alpha value is -7.70. The summed E-state index contributed by atoms with van der Waals surface area (Å²) in [4.78, 5) is -0.845. The van der Waals surface area contributed by atoms with Gasteiger partial charge < -0.3 is 15.2 Å². The summed E-state index contributed by atoms with van der Waals surface area (Å²) >= 11 is 3.30. The van der Waals surface area contributed by atoms with Crippen LogP contribution in [0.1, 0.15) is 16.7 Å². The van der Waals surface area contributed by atoms with Crippen molar-refractivity contribution in [2.45, 2.75) is 45.6 Å². The second kappa shape index (κ2) is 34.9. The fourth-order valence-electron chi connectivity index (χ4n) is 10.2. The minimum absolute atomic E-state index is 0. The van der Waals surface area contributed by atoms with E-state index in [9.17, 15) is 91.1 Å². The van der Waals surface area contributed by atoms with Gasteiger partial charge in [0.15, 0.2) is 13.2 Å². The Balaban J connectivity index is 0.000000228. The van der Waals surface area contributed by atoms with Gasteiger partial charge in [0, 0.05) is 121 Å². The van der Waals surface area contributed by atoms with Crippen LogP contribution in [0.15, 0.2) is 220 Å². The standard InChI is InChI=1S/C23H16F6N2O3S.C21H14ClF3N2O2S.C12H8BrF3O3S.C11H9BF3N2O2.H2O.U.V/c1-31-10-9-21(30-31)20-12-15(23(27,28)29)5-7-19(20)18-4-2-3-14-11-16(6-8-17(14)18)35(32,33)34-13-22(24,25)26;1-27-10-9-20(26-27)19-12-14(21(23,24)25)5-7-18(19)17-4-2-3-13-11-15(30(22,28)29)6-8-16(13)17;13-11-3-1-2-8-6-9(4-5-10(8)11)20(17,18)19-7-12(14,15)16;1-17-5-4-9(16-17)8-6-7(11(13,14)15)2-3-10(8)19-12-18;;;/h2-12H,13H2,1H3;2-12H,1H3;1-6H,7H2;2-6,18H,1H3;1H2;;. The van der Waals surface area contributed by atoms with E-state index < -0.39 is 95.0 Å². The summed E-state index contributed by atoms with van der Waals surface area (Å²) < 4.78 is 281.